The summed E-state index contributed by atoms with van der Waals surface area (Å²) in [5.74, 6) is -3.81. The molecule has 1 aromatic heterocycles. The number of carbonyl (C=O) groups excluding carboxylic acids is 2. The van der Waals surface area contributed by atoms with Crippen LogP contribution in [0.25, 0.3) is 0 Å². The molecule has 0 fully saturated rings. The normalized spacial score (nSPS) is 16.9. The van der Waals surface area contributed by atoms with E-state index in [1.165, 1.54) is 18.2 Å². The zero-order valence-electron chi connectivity index (χ0n) is 20.9. The van der Waals surface area contributed by atoms with Crippen molar-refractivity contribution in [2.45, 2.75) is 26.4 Å². The first kappa shape index (κ1) is 30.4. The first-order valence-electron chi connectivity index (χ1n) is 11.1. The quantitative estimate of drug-likeness (QED) is 0.226. The van der Waals surface area contributed by atoms with E-state index in [1.54, 1.807) is 25.2 Å². The maximum Gasteiger partial charge on any atom is 0.490 e. The number of aliphatic carboxylic acids is 1. The average molecular weight is 558 g/mol. The number of alkyl halides is 3. The summed E-state index contributed by atoms with van der Waals surface area (Å²) in [6.07, 6.45) is 1.06. The van der Waals surface area contributed by atoms with Crippen molar-refractivity contribution in [3.05, 3.63) is 64.4 Å². The summed E-state index contributed by atoms with van der Waals surface area (Å²) in [5.41, 5.74) is 8.80. The summed E-state index contributed by atoms with van der Waals surface area (Å²) >= 11 is 1.06. The number of nitrogen functional groups attached to an aromatic ring is 1. The monoisotopic (exact) mass is 557 g/mol. The molecule has 1 atom stereocenters. The lowest BCUT2D eigenvalue weighted by molar-refractivity contribution is -0.192. The molecule has 1 aliphatic carbocycles. The number of anilines is 2. The summed E-state index contributed by atoms with van der Waals surface area (Å²) in [4.78, 5) is 38.7. The molecule has 0 saturated carbocycles. The van der Waals surface area contributed by atoms with Crippen molar-refractivity contribution in [1.29, 1.82) is 0 Å². The van der Waals surface area contributed by atoms with Gasteiger partial charge in [0.25, 0.3) is 0 Å². The summed E-state index contributed by atoms with van der Waals surface area (Å²) in [5, 5.41) is 12.3. The number of aromatic nitrogens is 1. The third-order valence-electron chi connectivity index (χ3n) is 5.47. The van der Waals surface area contributed by atoms with E-state index < -0.39 is 29.2 Å². The molecule has 0 aliphatic heterocycles. The highest BCUT2D eigenvalue weighted by atomic mass is 32.1. The molecule has 206 valence electrons. The van der Waals surface area contributed by atoms with Gasteiger partial charge in [-0.05, 0) is 30.5 Å². The molecule has 1 aliphatic rings. The van der Waals surface area contributed by atoms with E-state index in [0.29, 0.717) is 11.6 Å². The van der Waals surface area contributed by atoms with Gasteiger partial charge in [-0.3, -0.25) is 15.0 Å². The van der Waals surface area contributed by atoms with Crippen molar-refractivity contribution >= 4 is 39.9 Å². The molecule has 0 spiro atoms. The first-order chi connectivity index (χ1) is 17.6. The van der Waals surface area contributed by atoms with E-state index in [0.717, 1.165) is 17.0 Å². The summed E-state index contributed by atoms with van der Waals surface area (Å²) in [6, 6.07) is 5.76. The summed E-state index contributed by atoms with van der Waals surface area (Å²) in [7, 11) is 3.54. The van der Waals surface area contributed by atoms with Crippen LogP contribution in [0, 0.1) is 17.2 Å². The van der Waals surface area contributed by atoms with E-state index in [2.05, 4.69) is 15.7 Å². The number of nitrogens with two attached hydrogens (primary N) is 1. The van der Waals surface area contributed by atoms with Gasteiger partial charge in [0.15, 0.2) is 5.13 Å². The zero-order valence-corrected chi connectivity index (χ0v) is 21.7. The van der Waals surface area contributed by atoms with Crippen molar-refractivity contribution in [2.75, 3.05) is 25.1 Å². The smallest absolute Gasteiger partial charge is 0.475 e. The van der Waals surface area contributed by atoms with Crippen molar-refractivity contribution in [1.82, 2.24) is 15.4 Å². The van der Waals surface area contributed by atoms with Gasteiger partial charge in [0.1, 0.15) is 16.5 Å². The maximum atomic E-state index is 14.0. The Labute approximate surface area is 220 Å². The lowest BCUT2D eigenvalue weighted by atomic mass is 9.71. The van der Waals surface area contributed by atoms with Gasteiger partial charge in [0.2, 0.25) is 11.7 Å². The number of allylic oxidation sites excluding steroid dienone is 2. The largest absolute Gasteiger partial charge is 0.490 e. The van der Waals surface area contributed by atoms with Gasteiger partial charge in [-0.1, -0.05) is 49.5 Å². The molecule has 0 radical (unpaired) electrons. The molecule has 14 heteroatoms. The zero-order chi connectivity index (χ0) is 28.8. The number of carboxylic acid groups (broad SMARTS) is 1. The molecule has 5 N–H and O–H groups in total. The third kappa shape index (κ3) is 7.38. The standard InChI is InChI=1S/C22H26FN5O2S.C2HF3O2/c1-13(2)22(20(30)27-28(3)4)11-9-14(10-12-22)25-21-26-19(24)18(31-21)17(29)15-7-5-6-8-16(15)23;3-2(4,5)1(6)7/h5-11,13H,12,24H2,1-4H3,(H,25,26)(H,27,30);(H,6,7). The van der Waals surface area contributed by atoms with Crippen LogP contribution in [-0.2, 0) is 9.59 Å². The van der Waals surface area contributed by atoms with Crippen LogP contribution in [0.1, 0.15) is 35.5 Å². The molecule has 1 unspecified atom stereocenters. The highest BCUT2D eigenvalue weighted by Gasteiger charge is 2.40. The second kappa shape index (κ2) is 12.2. The number of ketones is 1. The van der Waals surface area contributed by atoms with Crippen LogP contribution >= 0.6 is 11.3 Å². The van der Waals surface area contributed by atoms with Gasteiger partial charge < -0.3 is 16.2 Å². The SMILES string of the molecule is CC(C)C1(C(=O)NN(C)C)C=CC(Nc2nc(N)c(C(=O)c3ccccc3F)s2)=CC1.O=C(O)C(F)(F)F. The fourth-order valence-corrected chi connectivity index (χ4v) is 4.21. The second-order valence-corrected chi connectivity index (χ2v) is 9.70. The Hall–Kier alpha value is -3.78. The molecule has 38 heavy (non-hydrogen) atoms. The van der Waals surface area contributed by atoms with E-state index in [9.17, 15) is 27.2 Å². The molecule has 9 nitrogen and oxygen atoms in total. The van der Waals surface area contributed by atoms with E-state index in [4.69, 9.17) is 15.6 Å². The van der Waals surface area contributed by atoms with Crippen LogP contribution in [0.5, 0.6) is 0 Å². The van der Waals surface area contributed by atoms with Gasteiger partial charge in [0, 0.05) is 19.8 Å². The van der Waals surface area contributed by atoms with Gasteiger partial charge >= 0.3 is 12.1 Å². The van der Waals surface area contributed by atoms with Crippen LogP contribution in [0.4, 0.5) is 28.5 Å². The Morgan fingerprint density at radius 3 is 2.29 bits per heavy atom. The van der Waals surface area contributed by atoms with Crippen molar-refractivity contribution in [3.63, 3.8) is 0 Å². The number of amides is 1. The number of hydrazine groups is 1. The van der Waals surface area contributed by atoms with Gasteiger partial charge in [-0.25, -0.2) is 19.2 Å². The molecular weight excluding hydrogens is 530 g/mol. The predicted octanol–water partition coefficient (Wildman–Crippen LogP) is 4.22. The van der Waals surface area contributed by atoms with Crippen LogP contribution in [0.2, 0.25) is 0 Å². The third-order valence-corrected chi connectivity index (χ3v) is 6.46. The molecule has 3 rings (SSSR count). The number of hydrogen-bond acceptors (Lipinski definition) is 8. The lowest BCUT2D eigenvalue weighted by Gasteiger charge is -2.35. The van der Waals surface area contributed by atoms with E-state index in [-0.39, 0.29) is 28.1 Å². The number of nitrogens with zero attached hydrogens (tertiary/aromatic N) is 2. The highest BCUT2D eigenvalue weighted by molar-refractivity contribution is 7.18. The van der Waals surface area contributed by atoms with Gasteiger partial charge in [0.05, 0.1) is 11.0 Å². The average Bonchev–Trinajstić information content (AvgIpc) is 3.18. The molecular formula is C24H27F4N5O4S. The Morgan fingerprint density at radius 2 is 1.82 bits per heavy atom. The van der Waals surface area contributed by atoms with Gasteiger partial charge in [-0.15, -0.1) is 0 Å². The van der Waals surface area contributed by atoms with Crippen molar-refractivity contribution in [2.24, 2.45) is 11.3 Å². The second-order valence-electron chi connectivity index (χ2n) is 8.70. The van der Waals surface area contributed by atoms with Crippen LogP contribution in [0.3, 0.4) is 0 Å². The molecule has 0 saturated heterocycles. The number of thiazole rings is 1. The minimum Gasteiger partial charge on any atom is -0.475 e. The minimum atomic E-state index is -5.08. The van der Waals surface area contributed by atoms with Gasteiger partial charge in [-0.2, -0.15) is 13.2 Å². The molecule has 0 bridgehead atoms. The minimum absolute atomic E-state index is 0.0445. The van der Waals surface area contributed by atoms with Crippen LogP contribution in [0.15, 0.2) is 48.2 Å². The number of carboxylic acids is 1. The predicted molar refractivity (Wildman–Crippen MR) is 135 cm³/mol. The topological polar surface area (TPSA) is 138 Å². The van der Waals surface area contributed by atoms with Crippen molar-refractivity contribution in [3.8, 4) is 0 Å². The maximum absolute atomic E-state index is 14.0. The number of rotatable bonds is 7. The molecule has 1 amide bonds. The fraction of sp³-hybridized carbons (Fsp3) is 0.333. The van der Waals surface area contributed by atoms with E-state index >= 15 is 0 Å². The van der Waals surface area contributed by atoms with Crippen LogP contribution < -0.4 is 16.5 Å². The lowest BCUT2D eigenvalue weighted by Crippen LogP contribution is -2.48. The Morgan fingerprint density at radius 1 is 1.21 bits per heavy atom. The summed E-state index contributed by atoms with van der Waals surface area (Å²) < 4.78 is 45.7. The number of carbonyl (C=O) groups is 3. The number of halogens is 4. The summed E-state index contributed by atoms with van der Waals surface area (Å²) in [6.45, 7) is 4.02. The number of hydrogen-bond donors (Lipinski definition) is 4. The molecule has 1 heterocycles. The Kier molecular flexibility index (Phi) is 9.75. The molecule has 1 aromatic carbocycles. The van der Waals surface area contributed by atoms with Crippen LogP contribution in [-0.4, -0.2) is 53.0 Å². The van der Waals surface area contributed by atoms with Crippen molar-refractivity contribution < 1.29 is 37.1 Å². The number of benzene rings is 1. The molecule has 2 aromatic rings. The fourth-order valence-electron chi connectivity index (χ4n) is 3.35. The highest BCUT2D eigenvalue weighted by Crippen LogP contribution is 2.38. The first-order valence-corrected chi connectivity index (χ1v) is 11.9. The Bertz CT molecular complexity index is 1260. The van der Waals surface area contributed by atoms with E-state index in [1.807, 2.05) is 32.1 Å². The number of nitrogens with one attached hydrogen (secondary N) is 2. The Balaban J connectivity index is 0.000000638.